The van der Waals surface area contributed by atoms with Crippen LogP contribution in [-0.2, 0) is 14.8 Å². The number of rotatable bonds is 5. The van der Waals surface area contributed by atoms with Crippen molar-refractivity contribution in [3.8, 4) is 17.2 Å². The monoisotopic (exact) mass is 438 g/mol. The molecule has 3 aromatic carbocycles. The topological polar surface area (TPSA) is 84.9 Å². The van der Waals surface area contributed by atoms with Crippen LogP contribution < -0.4 is 19.1 Å². The van der Waals surface area contributed by atoms with E-state index in [1.807, 2.05) is 30.3 Å². The molecular formula is C23H22N2O5S. The van der Waals surface area contributed by atoms with Gasteiger partial charge in [0.2, 0.25) is 10.0 Å². The predicted molar refractivity (Wildman–Crippen MR) is 119 cm³/mol. The van der Waals surface area contributed by atoms with Crippen molar-refractivity contribution >= 4 is 27.3 Å². The lowest BCUT2D eigenvalue weighted by Gasteiger charge is -2.20. The van der Waals surface area contributed by atoms with E-state index in [0.717, 1.165) is 12.0 Å². The number of nitrogens with zero attached hydrogens (tertiary/aromatic N) is 1. The van der Waals surface area contributed by atoms with Gasteiger partial charge in [0.15, 0.2) is 6.10 Å². The highest BCUT2D eigenvalue weighted by Crippen LogP contribution is 2.34. The van der Waals surface area contributed by atoms with Crippen molar-refractivity contribution in [3.05, 3.63) is 78.9 Å². The number of fused-ring (bicyclic) bond motifs is 1. The van der Waals surface area contributed by atoms with Gasteiger partial charge in [-0.1, -0.05) is 30.3 Å². The molecule has 0 radical (unpaired) electrons. The first-order chi connectivity index (χ1) is 14.9. The van der Waals surface area contributed by atoms with Gasteiger partial charge in [0.25, 0.3) is 5.91 Å². The Morgan fingerprint density at radius 1 is 0.968 bits per heavy atom. The zero-order valence-corrected chi connectivity index (χ0v) is 17.7. The molecule has 4 rings (SSSR count). The van der Waals surface area contributed by atoms with Crippen molar-refractivity contribution in [1.82, 2.24) is 0 Å². The molecule has 1 N–H and O–H groups in total. The van der Waals surface area contributed by atoms with Gasteiger partial charge >= 0.3 is 0 Å². The first kappa shape index (κ1) is 20.7. The van der Waals surface area contributed by atoms with Crippen LogP contribution in [0.3, 0.4) is 0 Å². The molecule has 31 heavy (non-hydrogen) atoms. The van der Waals surface area contributed by atoms with Crippen molar-refractivity contribution in [2.45, 2.75) is 12.5 Å². The minimum Gasteiger partial charge on any atom is -0.478 e. The van der Waals surface area contributed by atoms with E-state index in [4.69, 9.17) is 9.47 Å². The SMILES string of the molecule is CS(=O)(=O)N1CC[C@H](C(=O)Nc2ccc(Oc3ccccc3)cc2)Oc2ccccc21. The van der Waals surface area contributed by atoms with E-state index in [2.05, 4.69) is 5.32 Å². The number of ether oxygens (including phenoxy) is 2. The molecule has 7 nitrogen and oxygen atoms in total. The van der Waals surface area contributed by atoms with Gasteiger partial charge < -0.3 is 14.8 Å². The van der Waals surface area contributed by atoms with Crippen LogP contribution in [0.5, 0.6) is 17.2 Å². The van der Waals surface area contributed by atoms with Gasteiger partial charge in [-0.25, -0.2) is 8.42 Å². The summed E-state index contributed by atoms with van der Waals surface area (Å²) < 4.78 is 37.3. The number of anilines is 2. The summed E-state index contributed by atoms with van der Waals surface area (Å²) in [5, 5.41) is 2.83. The van der Waals surface area contributed by atoms with E-state index in [0.29, 0.717) is 22.9 Å². The number of benzene rings is 3. The second-order valence-corrected chi connectivity index (χ2v) is 9.03. The maximum Gasteiger partial charge on any atom is 0.265 e. The number of hydrogen-bond acceptors (Lipinski definition) is 5. The van der Waals surface area contributed by atoms with Gasteiger partial charge in [-0.2, -0.15) is 0 Å². The van der Waals surface area contributed by atoms with Crippen molar-refractivity contribution in [1.29, 1.82) is 0 Å². The first-order valence-electron chi connectivity index (χ1n) is 9.77. The molecule has 0 aliphatic carbocycles. The third-order valence-electron chi connectivity index (χ3n) is 4.79. The average Bonchev–Trinajstić information content (AvgIpc) is 2.96. The third kappa shape index (κ3) is 4.97. The number of para-hydroxylation sites is 3. The molecule has 0 saturated carbocycles. The van der Waals surface area contributed by atoms with Crippen LogP contribution >= 0.6 is 0 Å². The summed E-state index contributed by atoms with van der Waals surface area (Å²) in [7, 11) is -3.49. The molecule has 3 aromatic rings. The molecule has 0 spiro atoms. The van der Waals surface area contributed by atoms with Gasteiger partial charge in [-0.3, -0.25) is 9.10 Å². The van der Waals surface area contributed by atoms with Gasteiger partial charge in [0.05, 0.1) is 11.9 Å². The van der Waals surface area contributed by atoms with Crippen LogP contribution in [0, 0.1) is 0 Å². The Bertz CT molecular complexity index is 1160. The fraction of sp³-hybridized carbons (Fsp3) is 0.174. The highest BCUT2D eigenvalue weighted by molar-refractivity contribution is 7.92. The second-order valence-electron chi connectivity index (χ2n) is 7.13. The van der Waals surface area contributed by atoms with E-state index in [1.165, 1.54) is 4.31 Å². The molecule has 0 fully saturated rings. The van der Waals surface area contributed by atoms with Crippen LogP contribution in [0.25, 0.3) is 0 Å². The van der Waals surface area contributed by atoms with Crippen LogP contribution in [0.2, 0.25) is 0 Å². The molecule has 0 bridgehead atoms. The molecule has 0 aromatic heterocycles. The Labute approximate surface area is 181 Å². The Balaban J connectivity index is 1.45. The van der Waals surface area contributed by atoms with E-state index >= 15 is 0 Å². The summed E-state index contributed by atoms with van der Waals surface area (Å²) in [6, 6.07) is 23.2. The summed E-state index contributed by atoms with van der Waals surface area (Å²) in [6.45, 7) is 0.151. The van der Waals surface area contributed by atoms with E-state index in [9.17, 15) is 13.2 Å². The number of nitrogens with one attached hydrogen (secondary N) is 1. The fourth-order valence-corrected chi connectivity index (χ4v) is 4.26. The molecule has 1 aliphatic heterocycles. The largest absolute Gasteiger partial charge is 0.478 e. The molecule has 1 atom stereocenters. The normalized spacial score (nSPS) is 15.9. The van der Waals surface area contributed by atoms with Crippen molar-refractivity contribution in [2.24, 2.45) is 0 Å². The Morgan fingerprint density at radius 2 is 1.61 bits per heavy atom. The molecule has 0 unspecified atom stereocenters. The van der Waals surface area contributed by atoms with E-state index in [-0.39, 0.29) is 18.9 Å². The van der Waals surface area contributed by atoms with E-state index in [1.54, 1.807) is 48.5 Å². The maximum atomic E-state index is 12.8. The quantitative estimate of drug-likeness (QED) is 0.650. The Morgan fingerprint density at radius 3 is 2.32 bits per heavy atom. The lowest BCUT2D eigenvalue weighted by Crippen LogP contribution is -2.35. The average molecular weight is 439 g/mol. The van der Waals surface area contributed by atoms with Crippen LogP contribution in [0.15, 0.2) is 78.9 Å². The van der Waals surface area contributed by atoms with Crippen LogP contribution in [0.1, 0.15) is 6.42 Å². The predicted octanol–water partition coefficient (Wildman–Crippen LogP) is 4.03. The van der Waals surface area contributed by atoms with Crippen LogP contribution in [-0.4, -0.2) is 33.2 Å². The van der Waals surface area contributed by atoms with Gasteiger partial charge in [-0.15, -0.1) is 0 Å². The van der Waals surface area contributed by atoms with Crippen molar-refractivity contribution in [3.63, 3.8) is 0 Å². The lowest BCUT2D eigenvalue weighted by atomic mass is 10.2. The molecule has 1 aliphatic rings. The number of hydrogen-bond donors (Lipinski definition) is 1. The molecule has 0 saturated heterocycles. The van der Waals surface area contributed by atoms with E-state index < -0.39 is 16.1 Å². The Kier molecular flexibility index (Phi) is 5.81. The maximum absolute atomic E-state index is 12.8. The highest BCUT2D eigenvalue weighted by Gasteiger charge is 2.31. The standard InChI is InChI=1S/C23H22N2O5S/c1-31(27,28)25-16-15-22(30-21-10-6-5-9-20(21)25)23(26)24-17-11-13-19(14-12-17)29-18-7-3-2-4-8-18/h2-14,22H,15-16H2,1H3,(H,24,26)/t22-/m1/s1. The smallest absolute Gasteiger partial charge is 0.265 e. The fourth-order valence-electron chi connectivity index (χ4n) is 3.31. The minimum absolute atomic E-state index is 0.151. The molecule has 160 valence electrons. The second kappa shape index (κ2) is 8.69. The summed E-state index contributed by atoms with van der Waals surface area (Å²) in [6.07, 6.45) is 0.541. The molecule has 1 amide bonds. The number of carbonyl (C=O) groups excluding carboxylic acids is 1. The summed E-state index contributed by atoms with van der Waals surface area (Å²) in [4.78, 5) is 12.8. The lowest BCUT2D eigenvalue weighted by molar-refractivity contribution is -0.122. The minimum atomic E-state index is -3.49. The van der Waals surface area contributed by atoms with Crippen molar-refractivity contribution < 1.29 is 22.7 Å². The number of amides is 1. The molecule has 8 heteroatoms. The number of sulfonamides is 1. The van der Waals surface area contributed by atoms with Gasteiger partial charge in [0.1, 0.15) is 17.2 Å². The van der Waals surface area contributed by atoms with Gasteiger partial charge in [-0.05, 0) is 48.5 Å². The Hall–Kier alpha value is -3.52. The zero-order chi connectivity index (χ0) is 21.8. The zero-order valence-electron chi connectivity index (χ0n) is 16.9. The third-order valence-corrected chi connectivity index (χ3v) is 5.97. The highest BCUT2D eigenvalue weighted by atomic mass is 32.2. The van der Waals surface area contributed by atoms with Gasteiger partial charge in [0, 0.05) is 18.7 Å². The van der Waals surface area contributed by atoms with Crippen molar-refractivity contribution in [2.75, 3.05) is 22.4 Å². The summed E-state index contributed by atoms with van der Waals surface area (Å²) >= 11 is 0. The summed E-state index contributed by atoms with van der Waals surface area (Å²) in [5.41, 5.74) is 1.02. The molecular weight excluding hydrogens is 416 g/mol. The first-order valence-corrected chi connectivity index (χ1v) is 11.6. The summed E-state index contributed by atoms with van der Waals surface area (Å²) in [5.74, 6) is 1.38. The van der Waals surface area contributed by atoms with Crippen LogP contribution in [0.4, 0.5) is 11.4 Å². The molecule has 1 heterocycles. The number of carbonyl (C=O) groups is 1.